The summed E-state index contributed by atoms with van der Waals surface area (Å²) in [6, 6.07) is 7.71. The molecule has 0 aliphatic carbocycles. The van der Waals surface area contributed by atoms with Crippen LogP contribution in [-0.2, 0) is 11.3 Å². The van der Waals surface area contributed by atoms with Crippen LogP contribution in [0, 0.1) is 6.92 Å². The summed E-state index contributed by atoms with van der Waals surface area (Å²) in [7, 11) is 0. The molecule has 3 aromatic heterocycles. The van der Waals surface area contributed by atoms with Crippen molar-refractivity contribution in [3.05, 3.63) is 59.8 Å². The molecule has 1 aliphatic heterocycles. The number of fused-ring (bicyclic) bond motifs is 1. The minimum absolute atomic E-state index is 0.0436. The minimum Gasteiger partial charge on any atom is -0.488 e. The highest BCUT2D eigenvalue weighted by atomic mass is 16.5. The van der Waals surface area contributed by atoms with Crippen molar-refractivity contribution in [3.8, 4) is 5.75 Å². The van der Waals surface area contributed by atoms with Gasteiger partial charge in [-0.2, -0.15) is 0 Å². The molecule has 8 heteroatoms. The molecule has 4 rings (SSSR count). The second-order valence-corrected chi connectivity index (χ2v) is 7.44. The van der Waals surface area contributed by atoms with Crippen LogP contribution < -0.4 is 10.1 Å². The van der Waals surface area contributed by atoms with Gasteiger partial charge in [0.2, 0.25) is 0 Å². The average Bonchev–Trinajstić information content (AvgIpc) is 3.14. The smallest absolute Gasteiger partial charge is 0.274 e. The van der Waals surface area contributed by atoms with Crippen LogP contribution in [0.25, 0.3) is 5.65 Å². The standard InChI is InChI=1S/C22H27N5O3/c1-16-5-4-8-27-19(15-24-13-17(2)30-18-6-3-7-23-14-18)20(25-21(16)27)22(28)26-9-11-29-12-10-26/h3-8,14,17,24H,9-13,15H2,1-2H3/t17-/m0/s1. The van der Waals surface area contributed by atoms with Gasteiger partial charge in [-0.25, -0.2) is 4.98 Å². The number of pyridine rings is 2. The molecule has 0 radical (unpaired) electrons. The molecule has 0 bridgehead atoms. The minimum atomic E-state index is -0.0477. The molecule has 158 valence electrons. The Morgan fingerprint density at radius 1 is 1.30 bits per heavy atom. The van der Waals surface area contributed by atoms with E-state index in [1.54, 1.807) is 12.4 Å². The van der Waals surface area contributed by atoms with Crippen molar-refractivity contribution in [1.82, 2.24) is 24.6 Å². The lowest BCUT2D eigenvalue weighted by Gasteiger charge is -2.26. The van der Waals surface area contributed by atoms with Gasteiger partial charge in [-0.15, -0.1) is 0 Å². The number of carbonyl (C=O) groups is 1. The lowest BCUT2D eigenvalue weighted by molar-refractivity contribution is 0.0298. The molecule has 0 saturated carbocycles. The lowest BCUT2D eigenvalue weighted by atomic mass is 10.2. The molecule has 8 nitrogen and oxygen atoms in total. The fourth-order valence-electron chi connectivity index (χ4n) is 3.59. The first-order valence-corrected chi connectivity index (χ1v) is 10.2. The summed E-state index contributed by atoms with van der Waals surface area (Å²) in [5, 5.41) is 3.42. The van der Waals surface area contributed by atoms with E-state index in [-0.39, 0.29) is 12.0 Å². The molecule has 1 aliphatic rings. The van der Waals surface area contributed by atoms with Crippen LogP contribution in [0.1, 0.15) is 28.7 Å². The molecule has 0 unspecified atom stereocenters. The number of nitrogens with zero attached hydrogens (tertiary/aromatic N) is 4. The fraction of sp³-hybridized carbons (Fsp3) is 0.409. The van der Waals surface area contributed by atoms with Gasteiger partial charge in [-0.1, -0.05) is 6.07 Å². The lowest BCUT2D eigenvalue weighted by Crippen LogP contribution is -2.41. The molecule has 1 N–H and O–H groups in total. The Morgan fingerprint density at radius 3 is 2.90 bits per heavy atom. The number of imidazole rings is 1. The summed E-state index contributed by atoms with van der Waals surface area (Å²) in [5.74, 6) is 0.693. The first-order chi connectivity index (χ1) is 14.6. The molecule has 0 aromatic carbocycles. The highest BCUT2D eigenvalue weighted by Gasteiger charge is 2.25. The van der Waals surface area contributed by atoms with Gasteiger partial charge in [-0.3, -0.25) is 9.78 Å². The molecule has 1 amide bonds. The third-order valence-corrected chi connectivity index (χ3v) is 5.14. The van der Waals surface area contributed by atoms with E-state index in [0.717, 1.165) is 22.7 Å². The van der Waals surface area contributed by atoms with Crippen molar-refractivity contribution in [1.29, 1.82) is 0 Å². The van der Waals surface area contributed by atoms with Crippen LogP contribution in [0.4, 0.5) is 0 Å². The summed E-state index contributed by atoms with van der Waals surface area (Å²) in [4.78, 5) is 23.8. The summed E-state index contributed by atoms with van der Waals surface area (Å²) >= 11 is 0. The largest absolute Gasteiger partial charge is 0.488 e. The maximum atomic E-state index is 13.2. The molecule has 3 aromatic rings. The number of rotatable bonds is 7. The quantitative estimate of drug-likeness (QED) is 0.643. The monoisotopic (exact) mass is 409 g/mol. The van der Waals surface area contributed by atoms with E-state index < -0.39 is 0 Å². The van der Waals surface area contributed by atoms with Crippen LogP contribution in [0.2, 0.25) is 0 Å². The maximum Gasteiger partial charge on any atom is 0.274 e. The highest BCUT2D eigenvalue weighted by Crippen LogP contribution is 2.18. The zero-order valence-electron chi connectivity index (χ0n) is 17.4. The molecule has 1 saturated heterocycles. The molecule has 4 heterocycles. The van der Waals surface area contributed by atoms with Crippen LogP contribution in [-0.4, -0.2) is 64.1 Å². The Labute approximate surface area is 175 Å². The van der Waals surface area contributed by atoms with Gasteiger partial charge in [0.1, 0.15) is 17.5 Å². The predicted molar refractivity (Wildman–Crippen MR) is 113 cm³/mol. The third-order valence-electron chi connectivity index (χ3n) is 5.14. The van der Waals surface area contributed by atoms with Gasteiger partial charge in [0, 0.05) is 38.6 Å². The number of aromatic nitrogens is 3. The number of morpholine rings is 1. The van der Waals surface area contributed by atoms with Crippen LogP contribution in [0.15, 0.2) is 42.9 Å². The number of hydrogen-bond acceptors (Lipinski definition) is 6. The van der Waals surface area contributed by atoms with Crippen molar-refractivity contribution >= 4 is 11.6 Å². The van der Waals surface area contributed by atoms with E-state index in [0.29, 0.717) is 45.1 Å². The third kappa shape index (κ3) is 4.44. The van der Waals surface area contributed by atoms with Crippen LogP contribution >= 0.6 is 0 Å². The van der Waals surface area contributed by atoms with E-state index in [1.165, 1.54) is 0 Å². The van der Waals surface area contributed by atoms with Crippen molar-refractivity contribution < 1.29 is 14.3 Å². The number of nitrogens with one attached hydrogen (secondary N) is 1. The topological polar surface area (TPSA) is 81.0 Å². The number of ether oxygens (including phenoxy) is 2. The molecular weight excluding hydrogens is 382 g/mol. The molecule has 1 fully saturated rings. The molecule has 1 atom stereocenters. The Kier molecular flexibility index (Phi) is 6.25. The van der Waals surface area contributed by atoms with Crippen molar-refractivity contribution in [2.75, 3.05) is 32.8 Å². The number of carbonyl (C=O) groups excluding carboxylic acids is 1. The Hall–Kier alpha value is -2.97. The molecular formula is C22H27N5O3. The zero-order chi connectivity index (χ0) is 20.9. The van der Waals surface area contributed by atoms with Crippen LogP contribution in [0.3, 0.4) is 0 Å². The van der Waals surface area contributed by atoms with Crippen LogP contribution in [0.5, 0.6) is 5.75 Å². The summed E-state index contributed by atoms with van der Waals surface area (Å²) < 4.78 is 13.3. The predicted octanol–water partition coefficient (Wildman–Crippen LogP) is 2.07. The van der Waals surface area contributed by atoms with Gasteiger partial charge in [-0.05, 0) is 37.6 Å². The Bertz CT molecular complexity index is 999. The average molecular weight is 409 g/mol. The number of hydrogen-bond donors (Lipinski definition) is 1. The number of amides is 1. The van der Waals surface area contributed by atoms with Crippen molar-refractivity contribution in [2.45, 2.75) is 26.5 Å². The van der Waals surface area contributed by atoms with E-state index in [2.05, 4.69) is 10.3 Å². The van der Waals surface area contributed by atoms with E-state index in [4.69, 9.17) is 14.5 Å². The van der Waals surface area contributed by atoms with Gasteiger partial charge in [0.05, 0.1) is 25.1 Å². The highest BCUT2D eigenvalue weighted by molar-refractivity contribution is 5.94. The van der Waals surface area contributed by atoms with Gasteiger partial charge in [0.25, 0.3) is 5.91 Å². The summed E-state index contributed by atoms with van der Waals surface area (Å²) in [6.45, 7) is 7.45. The molecule has 0 spiro atoms. The second kappa shape index (κ2) is 9.23. The normalized spacial score (nSPS) is 15.3. The zero-order valence-corrected chi connectivity index (χ0v) is 17.4. The van der Waals surface area contributed by atoms with Gasteiger partial charge < -0.3 is 24.1 Å². The van der Waals surface area contributed by atoms with E-state index >= 15 is 0 Å². The SMILES string of the molecule is Cc1cccn2c(CNC[C@H](C)Oc3cccnc3)c(C(=O)N3CCOCC3)nc12. The maximum absolute atomic E-state index is 13.2. The van der Waals surface area contributed by atoms with E-state index in [1.807, 2.05) is 53.6 Å². The summed E-state index contributed by atoms with van der Waals surface area (Å²) in [5.41, 5.74) is 3.21. The van der Waals surface area contributed by atoms with Gasteiger partial charge in [0.15, 0.2) is 5.69 Å². The first kappa shape index (κ1) is 20.3. The first-order valence-electron chi connectivity index (χ1n) is 10.2. The summed E-state index contributed by atoms with van der Waals surface area (Å²) in [6.07, 6.45) is 5.32. The Morgan fingerprint density at radius 2 is 2.13 bits per heavy atom. The van der Waals surface area contributed by atoms with Gasteiger partial charge >= 0.3 is 0 Å². The fourth-order valence-corrected chi connectivity index (χ4v) is 3.59. The second-order valence-electron chi connectivity index (χ2n) is 7.44. The van der Waals surface area contributed by atoms with Crippen molar-refractivity contribution in [3.63, 3.8) is 0 Å². The number of aryl methyl sites for hydroxylation is 1. The molecule has 30 heavy (non-hydrogen) atoms. The van der Waals surface area contributed by atoms with E-state index in [9.17, 15) is 4.79 Å². The van der Waals surface area contributed by atoms with Crippen molar-refractivity contribution in [2.24, 2.45) is 0 Å². The Balaban J connectivity index is 1.50.